The molecule has 1 rings (SSSR count). The molecule has 0 N–H and O–H groups in total. The Hall–Kier alpha value is -1.47. The molecule has 0 aliphatic rings. The zero-order valence-corrected chi connectivity index (χ0v) is 13.7. The number of hydrogen-bond acceptors (Lipinski definition) is 5. The summed E-state index contributed by atoms with van der Waals surface area (Å²) >= 11 is 0. The first kappa shape index (κ1) is 16.6. The van der Waals surface area contributed by atoms with Gasteiger partial charge in [0.25, 0.3) is 0 Å². The quantitative estimate of drug-likeness (QED) is 0.348. The summed E-state index contributed by atoms with van der Waals surface area (Å²) in [6, 6.07) is 1.49. The monoisotopic (exact) mass is 298 g/mol. The highest BCUT2D eigenvalue weighted by atomic mass is 28.4. The molecule has 0 aliphatic heterocycles. The summed E-state index contributed by atoms with van der Waals surface area (Å²) in [7, 11) is -1.80. The van der Waals surface area contributed by atoms with Gasteiger partial charge in [-0.2, -0.15) is 0 Å². The van der Waals surface area contributed by atoms with Crippen molar-refractivity contribution in [2.45, 2.75) is 38.9 Å². The summed E-state index contributed by atoms with van der Waals surface area (Å²) in [5.74, 6) is 0.226. The molecule has 1 aromatic heterocycles. The zero-order chi connectivity index (χ0) is 15.4. The van der Waals surface area contributed by atoms with Crippen LogP contribution in [-0.4, -0.2) is 31.4 Å². The van der Waals surface area contributed by atoms with E-state index in [1.165, 1.54) is 18.5 Å². The predicted molar refractivity (Wildman–Crippen MR) is 79.5 cm³/mol. The topological polar surface area (TPSA) is 74.5 Å². The van der Waals surface area contributed by atoms with Crippen LogP contribution in [0.5, 0.6) is 5.75 Å². The lowest BCUT2D eigenvalue weighted by Gasteiger charge is -2.36. The van der Waals surface area contributed by atoms with Crippen LogP contribution in [0.15, 0.2) is 18.5 Å². The highest BCUT2D eigenvalue weighted by Crippen LogP contribution is 2.36. The average molecular weight is 298 g/mol. The van der Waals surface area contributed by atoms with Crippen LogP contribution in [0.2, 0.25) is 18.1 Å². The molecule has 1 aromatic rings. The number of ether oxygens (including phenoxy) is 1. The van der Waals surface area contributed by atoms with Crippen LogP contribution in [-0.2, 0) is 4.43 Å². The van der Waals surface area contributed by atoms with Crippen molar-refractivity contribution in [3.8, 4) is 5.75 Å². The summed E-state index contributed by atoms with van der Waals surface area (Å²) in [6.45, 7) is 11.5. The van der Waals surface area contributed by atoms with E-state index in [0.717, 1.165) is 0 Å². The molecule has 0 saturated carbocycles. The number of aromatic nitrogens is 1. The fourth-order valence-electron chi connectivity index (χ4n) is 1.30. The highest BCUT2D eigenvalue weighted by molar-refractivity contribution is 6.74. The molecule has 0 aliphatic carbocycles. The van der Waals surface area contributed by atoms with E-state index in [9.17, 15) is 10.1 Å². The van der Waals surface area contributed by atoms with E-state index < -0.39 is 13.2 Å². The number of rotatable bonds is 6. The van der Waals surface area contributed by atoms with Crippen LogP contribution in [0.4, 0.5) is 5.69 Å². The standard InChI is InChI=1S/C13H22N2O4Si/c1-13(2,3)20(4,5)19-9-8-18-12-6-7-14-10-11(12)15(16)17/h6-7,10H,8-9H2,1-5H3. The molecule has 112 valence electrons. The minimum absolute atomic E-state index is 0.125. The van der Waals surface area contributed by atoms with Gasteiger partial charge < -0.3 is 9.16 Å². The molecule has 20 heavy (non-hydrogen) atoms. The molecule has 0 atom stereocenters. The summed E-state index contributed by atoms with van der Waals surface area (Å²) in [4.78, 5) is 14.0. The van der Waals surface area contributed by atoms with Crippen molar-refractivity contribution in [1.82, 2.24) is 4.98 Å². The molecule has 0 spiro atoms. The number of nitrogens with zero attached hydrogens (tertiary/aromatic N) is 2. The van der Waals surface area contributed by atoms with E-state index in [4.69, 9.17) is 9.16 Å². The van der Waals surface area contributed by atoms with E-state index in [0.29, 0.717) is 6.61 Å². The Morgan fingerprint density at radius 1 is 1.35 bits per heavy atom. The summed E-state index contributed by atoms with van der Waals surface area (Å²) in [5, 5.41) is 10.9. The van der Waals surface area contributed by atoms with Crippen LogP contribution in [0.3, 0.4) is 0 Å². The third-order valence-electron chi connectivity index (χ3n) is 3.57. The van der Waals surface area contributed by atoms with Crippen LogP contribution in [0, 0.1) is 10.1 Å². The minimum atomic E-state index is -1.80. The Morgan fingerprint density at radius 3 is 2.55 bits per heavy atom. The van der Waals surface area contributed by atoms with E-state index in [1.54, 1.807) is 0 Å². The molecule has 6 nitrogen and oxygen atoms in total. The summed E-state index contributed by atoms with van der Waals surface area (Å²) < 4.78 is 11.4. The van der Waals surface area contributed by atoms with E-state index in [-0.39, 0.29) is 23.1 Å². The molecule has 1 heterocycles. The lowest BCUT2D eigenvalue weighted by molar-refractivity contribution is -0.386. The normalized spacial score (nSPS) is 12.2. The molecule has 0 aromatic carbocycles. The maximum Gasteiger partial charge on any atom is 0.329 e. The first-order valence-electron chi connectivity index (χ1n) is 6.50. The largest absolute Gasteiger partial charge is 0.484 e. The van der Waals surface area contributed by atoms with Crippen molar-refractivity contribution < 1.29 is 14.1 Å². The van der Waals surface area contributed by atoms with Crippen LogP contribution in [0.25, 0.3) is 0 Å². The van der Waals surface area contributed by atoms with Gasteiger partial charge >= 0.3 is 5.69 Å². The maximum atomic E-state index is 10.8. The molecular formula is C13H22N2O4Si. The van der Waals surface area contributed by atoms with Crippen molar-refractivity contribution in [2.75, 3.05) is 13.2 Å². The van der Waals surface area contributed by atoms with E-state index >= 15 is 0 Å². The minimum Gasteiger partial charge on any atom is -0.484 e. The molecule has 7 heteroatoms. The first-order chi connectivity index (χ1) is 9.15. The molecule has 0 saturated heterocycles. The van der Waals surface area contributed by atoms with Gasteiger partial charge in [-0.25, -0.2) is 0 Å². The maximum absolute atomic E-state index is 10.8. The Bertz CT molecular complexity index is 472. The number of hydrogen-bond donors (Lipinski definition) is 0. The van der Waals surface area contributed by atoms with Crippen LogP contribution < -0.4 is 4.74 Å². The van der Waals surface area contributed by atoms with Crippen LogP contribution in [0.1, 0.15) is 20.8 Å². The van der Waals surface area contributed by atoms with Crippen molar-refractivity contribution in [2.24, 2.45) is 0 Å². The van der Waals surface area contributed by atoms with Crippen molar-refractivity contribution in [3.05, 3.63) is 28.6 Å². The van der Waals surface area contributed by atoms with Crippen molar-refractivity contribution in [1.29, 1.82) is 0 Å². The smallest absolute Gasteiger partial charge is 0.329 e. The van der Waals surface area contributed by atoms with Crippen molar-refractivity contribution >= 4 is 14.0 Å². The molecule has 0 fully saturated rings. The fourth-order valence-corrected chi connectivity index (χ4v) is 2.32. The predicted octanol–water partition coefficient (Wildman–Crippen LogP) is 3.39. The van der Waals surface area contributed by atoms with Gasteiger partial charge in [-0.05, 0) is 18.1 Å². The molecular weight excluding hydrogens is 276 g/mol. The Labute approximate surface area is 120 Å². The van der Waals surface area contributed by atoms with Gasteiger partial charge in [0.1, 0.15) is 12.8 Å². The summed E-state index contributed by atoms with van der Waals surface area (Å²) in [6.07, 6.45) is 2.65. The lowest BCUT2D eigenvalue weighted by Crippen LogP contribution is -2.41. The highest BCUT2D eigenvalue weighted by Gasteiger charge is 2.36. The Balaban J connectivity index is 2.52. The summed E-state index contributed by atoms with van der Waals surface area (Å²) in [5.41, 5.74) is -0.125. The van der Waals surface area contributed by atoms with Crippen molar-refractivity contribution in [3.63, 3.8) is 0 Å². The lowest BCUT2D eigenvalue weighted by atomic mass is 10.2. The third-order valence-corrected chi connectivity index (χ3v) is 8.11. The molecule has 0 bridgehead atoms. The SMILES string of the molecule is CC(C)(C)[Si](C)(C)OCCOc1ccncc1[N+](=O)[O-]. The number of nitro groups is 1. The van der Waals surface area contributed by atoms with Crippen LogP contribution >= 0.6 is 0 Å². The third kappa shape index (κ3) is 4.28. The van der Waals surface area contributed by atoms with Gasteiger partial charge in [-0.3, -0.25) is 15.1 Å². The second-order valence-corrected chi connectivity index (χ2v) is 10.9. The average Bonchev–Trinajstić information content (AvgIpc) is 2.33. The number of pyridine rings is 1. The van der Waals surface area contributed by atoms with Gasteiger partial charge in [0.05, 0.1) is 11.5 Å². The van der Waals surface area contributed by atoms with Gasteiger partial charge in [0.2, 0.25) is 0 Å². The van der Waals surface area contributed by atoms with Gasteiger partial charge in [-0.1, -0.05) is 20.8 Å². The second-order valence-electron chi connectivity index (χ2n) is 6.06. The molecule has 0 amide bonds. The van der Waals surface area contributed by atoms with Gasteiger partial charge in [0, 0.05) is 12.3 Å². The van der Waals surface area contributed by atoms with Gasteiger partial charge in [-0.15, -0.1) is 0 Å². The Morgan fingerprint density at radius 2 is 2.00 bits per heavy atom. The second kappa shape index (κ2) is 6.32. The molecule has 0 radical (unpaired) electrons. The fraction of sp³-hybridized carbons (Fsp3) is 0.615. The Kier molecular flexibility index (Phi) is 5.24. The van der Waals surface area contributed by atoms with E-state index in [2.05, 4.69) is 38.8 Å². The van der Waals surface area contributed by atoms with Gasteiger partial charge in [0.15, 0.2) is 14.1 Å². The zero-order valence-electron chi connectivity index (χ0n) is 12.7. The first-order valence-corrected chi connectivity index (χ1v) is 9.41. The molecule has 0 unspecified atom stereocenters. The van der Waals surface area contributed by atoms with E-state index in [1.807, 2.05) is 0 Å².